The largest absolute Gasteiger partial charge is 0.463 e. The summed E-state index contributed by atoms with van der Waals surface area (Å²) >= 11 is 0. The van der Waals surface area contributed by atoms with E-state index in [0.717, 1.165) is 22.0 Å². The van der Waals surface area contributed by atoms with Crippen LogP contribution in [0.1, 0.15) is 57.6 Å². The highest BCUT2D eigenvalue weighted by Gasteiger charge is 2.29. The Balaban J connectivity index is 1.73. The molecule has 2 amide bonds. The van der Waals surface area contributed by atoms with Crippen LogP contribution in [0.15, 0.2) is 86.1 Å². The molecule has 1 heterocycles. The number of hydrogen-bond acceptors (Lipinski definition) is 7. The summed E-state index contributed by atoms with van der Waals surface area (Å²) in [4.78, 5) is 55.6. The van der Waals surface area contributed by atoms with Gasteiger partial charge in [0.25, 0.3) is 0 Å². The molecule has 0 unspecified atom stereocenters. The number of esters is 2. The van der Waals surface area contributed by atoms with E-state index >= 15 is 0 Å². The first kappa shape index (κ1) is 37.8. The van der Waals surface area contributed by atoms with E-state index in [1.54, 1.807) is 32.9 Å². The van der Waals surface area contributed by atoms with E-state index < -0.39 is 47.4 Å². The zero-order valence-corrected chi connectivity index (χ0v) is 28.2. The van der Waals surface area contributed by atoms with Gasteiger partial charge in [0.2, 0.25) is 11.8 Å². The number of carbonyl (C=O) groups excluding carboxylic acids is 4. The number of ether oxygens (including phenoxy) is 2. The number of aliphatic hydroxyl groups is 1. The molecule has 4 atom stereocenters. The lowest BCUT2D eigenvalue weighted by Crippen LogP contribution is -2.45. The van der Waals surface area contributed by atoms with Crippen molar-refractivity contribution in [2.24, 2.45) is 11.8 Å². The number of rotatable bonds is 19. The van der Waals surface area contributed by atoms with Gasteiger partial charge in [-0.3, -0.25) is 19.2 Å². The molecule has 0 aliphatic heterocycles. The number of nitrogens with one attached hydrogen (secondary N) is 3. The minimum absolute atomic E-state index is 0.125. The van der Waals surface area contributed by atoms with Crippen molar-refractivity contribution in [3.8, 4) is 0 Å². The van der Waals surface area contributed by atoms with E-state index in [2.05, 4.69) is 28.8 Å². The summed E-state index contributed by atoms with van der Waals surface area (Å²) in [6, 6.07) is 16.1. The van der Waals surface area contributed by atoms with Crippen LogP contribution in [0.5, 0.6) is 0 Å². The fourth-order valence-corrected chi connectivity index (χ4v) is 5.44. The summed E-state index contributed by atoms with van der Waals surface area (Å²) in [5.74, 6) is -3.44. The van der Waals surface area contributed by atoms with Crippen LogP contribution in [0, 0.1) is 11.8 Å². The maximum absolute atomic E-state index is 13.7. The van der Waals surface area contributed by atoms with Crippen molar-refractivity contribution >= 4 is 34.7 Å². The van der Waals surface area contributed by atoms with Crippen LogP contribution in [-0.2, 0) is 41.5 Å². The average Bonchev–Trinajstić information content (AvgIpc) is 3.44. The Bertz CT molecular complexity index is 1530. The fourth-order valence-electron chi connectivity index (χ4n) is 5.44. The number of aliphatic hydroxyl groups excluding tert-OH is 1. The van der Waals surface area contributed by atoms with Gasteiger partial charge in [0.15, 0.2) is 0 Å². The summed E-state index contributed by atoms with van der Waals surface area (Å²) in [6.45, 7) is 12.3. The summed E-state index contributed by atoms with van der Waals surface area (Å²) in [6.07, 6.45) is 5.91. The highest BCUT2D eigenvalue weighted by atomic mass is 16.6. The van der Waals surface area contributed by atoms with Crippen LogP contribution >= 0.6 is 0 Å². The Hall–Kier alpha value is -4.70. The topological polar surface area (TPSA) is 147 Å². The molecule has 0 fully saturated rings. The molecular weight excluding hydrogens is 610 g/mol. The first-order chi connectivity index (χ1) is 22.9. The van der Waals surface area contributed by atoms with Gasteiger partial charge in [0.1, 0.15) is 12.2 Å². The molecule has 3 aromatic rings. The maximum Gasteiger partial charge on any atom is 0.309 e. The van der Waals surface area contributed by atoms with E-state index in [-0.39, 0.29) is 44.8 Å². The summed E-state index contributed by atoms with van der Waals surface area (Å²) in [7, 11) is 0. The Morgan fingerprint density at radius 2 is 1.54 bits per heavy atom. The number of allylic oxidation sites excluding steroid dienone is 2. The number of aromatic nitrogens is 1. The predicted molar refractivity (Wildman–Crippen MR) is 186 cm³/mol. The Kier molecular flexibility index (Phi) is 14.6. The van der Waals surface area contributed by atoms with Crippen molar-refractivity contribution in [2.45, 2.75) is 77.0 Å². The number of aromatic amines is 1. The third-order valence-electron chi connectivity index (χ3n) is 7.70. The molecule has 0 aliphatic carbocycles. The molecule has 2 aromatic carbocycles. The minimum Gasteiger partial charge on any atom is -0.463 e. The zero-order valence-electron chi connectivity index (χ0n) is 28.2. The maximum atomic E-state index is 13.7. The van der Waals surface area contributed by atoms with E-state index in [1.165, 1.54) is 0 Å². The molecule has 258 valence electrons. The smallest absolute Gasteiger partial charge is 0.309 e. The van der Waals surface area contributed by atoms with Gasteiger partial charge >= 0.3 is 11.9 Å². The van der Waals surface area contributed by atoms with Gasteiger partial charge in [-0.1, -0.05) is 60.7 Å². The molecule has 1 aromatic heterocycles. The molecule has 0 spiro atoms. The van der Waals surface area contributed by atoms with Crippen molar-refractivity contribution in [1.82, 2.24) is 15.6 Å². The lowest BCUT2D eigenvalue weighted by molar-refractivity contribution is -0.161. The predicted octanol–water partition coefficient (Wildman–Crippen LogP) is 4.96. The third kappa shape index (κ3) is 12.5. The summed E-state index contributed by atoms with van der Waals surface area (Å²) < 4.78 is 11.1. The standard InChI is InChI=1S/C38H49N3O7/c1-6-13-27(21-34(43)40-30(24-42)19-26-15-9-8-10-16-26)36(45)41-31(20-29-23-39-33-18-12-11-17-32(29)33)25-47-37(46)28(14-7-2)22-35(44)48-38(3,4)5/h6-12,15-18,23,27-28,30-31,39,42H,1-2,13-14,19-22,24-25H2,3-5H3,(H,40,43)(H,41,45)/t27-,28+,30+,31+/m0/s1. The molecule has 48 heavy (non-hydrogen) atoms. The molecule has 0 saturated carbocycles. The van der Waals surface area contributed by atoms with Crippen molar-refractivity contribution in [3.05, 3.63) is 97.2 Å². The number of carbonyl (C=O) groups is 4. The van der Waals surface area contributed by atoms with Crippen molar-refractivity contribution in [1.29, 1.82) is 0 Å². The van der Waals surface area contributed by atoms with Crippen LogP contribution in [-0.4, -0.2) is 64.7 Å². The van der Waals surface area contributed by atoms with Crippen LogP contribution in [0.2, 0.25) is 0 Å². The van der Waals surface area contributed by atoms with Gasteiger partial charge in [0, 0.05) is 23.5 Å². The zero-order chi connectivity index (χ0) is 35.1. The first-order valence-electron chi connectivity index (χ1n) is 16.3. The second kappa shape index (κ2) is 18.6. The molecule has 4 N–H and O–H groups in total. The van der Waals surface area contributed by atoms with Crippen molar-refractivity contribution in [3.63, 3.8) is 0 Å². The highest BCUT2D eigenvalue weighted by molar-refractivity contribution is 5.87. The van der Waals surface area contributed by atoms with Crippen LogP contribution < -0.4 is 10.6 Å². The molecule has 0 radical (unpaired) electrons. The highest BCUT2D eigenvalue weighted by Crippen LogP contribution is 2.21. The van der Waals surface area contributed by atoms with E-state index in [9.17, 15) is 24.3 Å². The fraction of sp³-hybridized carbons (Fsp3) is 0.421. The molecule has 0 saturated heterocycles. The normalized spacial score (nSPS) is 13.8. The lowest BCUT2D eigenvalue weighted by Gasteiger charge is -2.24. The van der Waals surface area contributed by atoms with Crippen molar-refractivity contribution in [2.75, 3.05) is 13.2 Å². The van der Waals surface area contributed by atoms with Gasteiger partial charge in [-0.2, -0.15) is 0 Å². The quantitative estimate of drug-likeness (QED) is 0.105. The lowest BCUT2D eigenvalue weighted by atomic mass is 9.97. The number of H-pyrrole nitrogens is 1. The van der Waals surface area contributed by atoms with Gasteiger partial charge in [-0.25, -0.2) is 0 Å². The van der Waals surface area contributed by atoms with E-state index in [4.69, 9.17) is 9.47 Å². The first-order valence-corrected chi connectivity index (χ1v) is 16.3. The molecule has 10 nitrogen and oxygen atoms in total. The third-order valence-corrected chi connectivity index (χ3v) is 7.70. The van der Waals surface area contributed by atoms with Gasteiger partial charge in [-0.05, 0) is 63.6 Å². The Labute approximate surface area is 283 Å². The number of benzene rings is 2. The van der Waals surface area contributed by atoms with Gasteiger partial charge in [-0.15, -0.1) is 13.2 Å². The Morgan fingerprint density at radius 1 is 0.875 bits per heavy atom. The number of para-hydroxylation sites is 1. The van der Waals surface area contributed by atoms with Crippen LogP contribution in [0.25, 0.3) is 10.9 Å². The second-order valence-corrected chi connectivity index (χ2v) is 13.0. The van der Waals surface area contributed by atoms with Crippen molar-refractivity contribution < 1.29 is 33.8 Å². The SMILES string of the molecule is C=CC[C@@H](CC(=O)N[C@@H](CO)Cc1ccccc1)C(=O)N[C@@H](COC(=O)[C@H](CC=C)CC(=O)OC(C)(C)C)Cc1c[nH]c2ccccc12. The monoisotopic (exact) mass is 659 g/mol. The van der Waals surface area contributed by atoms with Crippen LogP contribution in [0.3, 0.4) is 0 Å². The summed E-state index contributed by atoms with van der Waals surface area (Å²) in [5.41, 5.74) is 2.10. The molecular formula is C38H49N3O7. The number of fused-ring (bicyclic) bond motifs is 1. The molecule has 0 aliphatic rings. The molecule has 0 bridgehead atoms. The minimum atomic E-state index is -0.797. The Morgan fingerprint density at radius 3 is 2.21 bits per heavy atom. The van der Waals surface area contributed by atoms with E-state index in [0.29, 0.717) is 12.8 Å². The molecule has 10 heteroatoms. The van der Waals surface area contributed by atoms with E-state index in [1.807, 2.05) is 60.8 Å². The molecule has 3 rings (SSSR count). The average molecular weight is 660 g/mol. The summed E-state index contributed by atoms with van der Waals surface area (Å²) in [5, 5.41) is 16.7. The number of hydrogen-bond donors (Lipinski definition) is 4. The van der Waals surface area contributed by atoms with Crippen LogP contribution in [0.4, 0.5) is 0 Å². The van der Waals surface area contributed by atoms with Gasteiger partial charge in [0.05, 0.1) is 36.9 Å². The van der Waals surface area contributed by atoms with Gasteiger partial charge < -0.3 is 30.2 Å². The second-order valence-electron chi connectivity index (χ2n) is 13.0. The number of amides is 2.